The van der Waals surface area contributed by atoms with Crippen LogP contribution >= 0.6 is 0 Å². The van der Waals surface area contributed by atoms with Gasteiger partial charge in [-0.1, -0.05) is 0 Å². The minimum absolute atomic E-state index is 0. The zero-order valence-electron chi connectivity index (χ0n) is 2.62. The molecular weight excluding hydrogens is 136 g/mol. The molecule has 0 fully saturated rings. The van der Waals surface area contributed by atoms with E-state index in [4.69, 9.17) is 0 Å². The number of hydrogen-bond acceptors (Lipinski definition) is 0. The molecule has 0 heterocycles. The third-order valence-corrected chi connectivity index (χ3v) is 0. The maximum atomic E-state index is 0. The minimum atomic E-state index is 0. The van der Waals surface area contributed by atoms with Gasteiger partial charge in [0.2, 0.25) is 0 Å². The van der Waals surface area contributed by atoms with E-state index in [1.165, 1.54) is 0 Å². The van der Waals surface area contributed by atoms with Gasteiger partial charge in [0.15, 0.2) is 0 Å². The zero-order chi connectivity index (χ0) is 0. The molecule has 4 heavy (non-hydrogen) atoms. The molecule has 0 spiro atoms. The number of hydrogen-bond donors (Lipinski definition) is 0. The van der Waals surface area contributed by atoms with Gasteiger partial charge < -0.3 is 5.48 Å². The summed E-state index contributed by atoms with van der Waals surface area (Å²) in [6, 6.07) is 0. The van der Waals surface area contributed by atoms with Crippen molar-refractivity contribution in [3.63, 3.8) is 0 Å². The van der Waals surface area contributed by atoms with E-state index < -0.39 is 0 Å². The SMILES string of the molecule is O.[Ca].[Ca].[Ca]. The van der Waals surface area contributed by atoms with Gasteiger partial charge in [-0.3, -0.25) is 0 Å². The van der Waals surface area contributed by atoms with Gasteiger partial charge in [0.05, 0.1) is 0 Å². The van der Waals surface area contributed by atoms with E-state index in [9.17, 15) is 0 Å². The van der Waals surface area contributed by atoms with Crippen LogP contribution in [0.4, 0.5) is 0 Å². The van der Waals surface area contributed by atoms with Crippen LogP contribution in [0.2, 0.25) is 0 Å². The van der Waals surface area contributed by atoms with Gasteiger partial charge in [0.25, 0.3) is 0 Å². The molecule has 0 saturated heterocycles. The van der Waals surface area contributed by atoms with E-state index in [0.717, 1.165) is 0 Å². The molecular formula is H2Ca3O. The molecule has 0 amide bonds. The van der Waals surface area contributed by atoms with Gasteiger partial charge >= 0.3 is 0 Å². The summed E-state index contributed by atoms with van der Waals surface area (Å²) >= 11 is 0. The summed E-state index contributed by atoms with van der Waals surface area (Å²) in [5.74, 6) is 0. The third-order valence-electron chi connectivity index (χ3n) is 0. The summed E-state index contributed by atoms with van der Waals surface area (Å²) in [7, 11) is 0. The molecule has 0 aliphatic carbocycles. The van der Waals surface area contributed by atoms with E-state index in [-0.39, 0.29) is 119 Å². The Morgan fingerprint density at radius 2 is 0.500 bits per heavy atom. The maximum absolute atomic E-state index is 0. The average molecular weight is 138 g/mol. The molecule has 0 aromatic heterocycles. The van der Waals surface area contributed by atoms with Crippen LogP contribution in [-0.2, 0) is 0 Å². The standard InChI is InChI=1S/3Ca.H2O/h;;;1H2. The van der Waals surface area contributed by atoms with Crippen molar-refractivity contribution in [1.29, 1.82) is 0 Å². The monoisotopic (exact) mass is 138 g/mol. The van der Waals surface area contributed by atoms with Gasteiger partial charge in [0.1, 0.15) is 0 Å². The van der Waals surface area contributed by atoms with E-state index >= 15 is 0 Å². The molecule has 0 rings (SSSR count). The fourth-order valence-corrected chi connectivity index (χ4v) is 0. The summed E-state index contributed by atoms with van der Waals surface area (Å²) in [5, 5.41) is 0. The van der Waals surface area contributed by atoms with Crippen LogP contribution in [0.5, 0.6) is 0 Å². The van der Waals surface area contributed by atoms with Crippen LogP contribution in [0.25, 0.3) is 0 Å². The topological polar surface area (TPSA) is 31.5 Å². The molecule has 0 bridgehead atoms. The average Bonchev–Trinajstić information content (AvgIpc) is 0. The fraction of sp³-hybridized carbons (Fsp3) is 0. The quantitative estimate of drug-likeness (QED) is 0.348. The van der Waals surface area contributed by atoms with Crippen molar-refractivity contribution in [3.8, 4) is 0 Å². The van der Waals surface area contributed by atoms with Gasteiger partial charge in [-0.2, -0.15) is 0 Å². The molecule has 6 radical (unpaired) electrons. The van der Waals surface area contributed by atoms with Crippen LogP contribution in [0.15, 0.2) is 0 Å². The van der Waals surface area contributed by atoms with Crippen molar-refractivity contribution in [1.82, 2.24) is 0 Å². The first-order valence-electron chi connectivity index (χ1n) is 0. The molecule has 2 N–H and O–H groups in total. The Balaban J connectivity index is 0. The van der Waals surface area contributed by atoms with Crippen molar-refractivity contribution < 1.29 is 5.48 Å². The molecule has 0 aliphatic heterocycles. The first-order chi connectivity index (χ1) is 0. The normalized spacial score (nSPS) is 0. The largest absolute Gasteiger partial charge is 0.412 e. The predicted molar refractivity (Wildman–Crippen MR) is 20.9 cm³/mol. The summed E-state index contributed by atoms with van der Waals surface area (Å²) in [6.45, 7) is 0. The maximum Gasteiger partial charge on any atom is 0 e. The Hall–Kier alpha value is 3.74. The van der Waals surface area contributed by atoms with Crippen molar-refractivity contribution in [3.05, 3.63) is 0 Å². The Kier molecular flexibility index (Phi) is 99.8. The van der Waals surface area contributed by atoms with Gasteiger partial charge in [-0.05, 0) is 0 Å². The fourth-order valence-electron chi connectivity index (χ4n) is 0. The molecule has 4 heteroatoms. The summed E-state index contributed by atoms with van der Waals surface area (Å²) in [5.41, 5.74) is 0. The summed E-state index contributed by atoms with van der Waals surface area (Å²) < 4.78 is 0. The second kappa shape index (κ2) is 15.9. The van der Waals surface area contributed by atoms with Crippen molar-refractivity contribution in [2.75, 3.05) is 0 Å². The van der Waals surface area contributed by atoms with Crippen LogP contribution in [-0.4, -0.2) is 119 Å². The van der Waals surface area contributed by atoms with E-state index in [0.29, 0.717) is 0 Å². The summed E-state index contributed by atoms with van der Waals surface area (Å²) in [4.78, 5) is 0. The molecule has 14 valence electrons. The van der Waals surface area contributed by atoms with Crippen molar-refractivity contribution in [2.45, 2.75) is 0 Å². The molecule has 0 aromatic rings. The molecule has 0 unspecified atom stereocenters. The van der Waals surface area contributed by atoms with Crippen molar-refractivity contribution >= 4 is 113 Å². The van der Waals surface area contributed by atoms with Crippen LogP contribution in [0.1, 0.15) is 0 Å². The Bertz CT molecular complexity index is 3.25. The molecule has 0 saturated carbocycles. The van der Waals surface area contributed by atoms with Gasteiger partial charge in [-0.25, -0.2) is 0 Å². The molecule has 1 nitrogen and oxygen atoms in total. The summed E-state index contributed by atoms with van der Waals surface area (Å²) in [6.07, 6.45) is 0. The van der Waals surface area contributed by atoms with Crippen LogP contribution in [0, 0.1) is 0 Å². The molecule has 0 atom stereocenters. The molecule has 0 aromatic carbocycles. The second-order valence-corrected chi connectivity index (χ2v) is 0. The van der Waals surface area contributed by atoms with Crippen LogP contribution < -0.4 is 0 Å². The van der Waals surface area contributed by atoms with Gasteiger partial charge in [-0.15, -0.1) is 0 Å². The first kappa shape index (κ1) is 25.1. The van der Waals surface area contributed by atoms with Gasteiger partial charge in [0, 0.05) is 113 Å². The first-order valence-corrected chi connectivity index (χ1v) is 0. The van der Waals surface area contributed by atoms with Crippen LogP contribution in [0.3, 0.4) is 0 Å². The minimum Gasteiger partial charge on any atom is -0.412 e. The second-order valence-electron chi connectivity index (χ2n) is 0. The van der Waals surface area contributed by atoms with E-state index in [1.807, 2.05) is 0 Å². The molecule has 0 aliphatic rings. The Morgan fingerprint density at radius 1 is 0.500 bits per heavy atom. The zero-order valence-corrected chi connectivity index (χ0v) is 9.25. The van der Waals surface area contributed by atoms with E-state index in [2.05, 4.69) is 0 Å². The predicted octanol–water partition coefficient (Wildman–Crippen LogP) is -1.97. The third kappa shape index (κ3) is 9.22. The van der Waals surface area contributed by atoms with Crippen molar-refractivity contribution in [2.24, 2.45) is 0 Å². The smallest absolute Gasteiger partial charge is 0 e. The Labute approximate surface area is 115 Å². The number of rotatable bonds is 0. The van der Waals surface area contributed by atoms with E-state index in [1.54, 1.807) is 0 Å². The Morgan fingerprint density at radius 3 is 0.500 bits per heavy atom.